The van der Waals surface area contributed by atoms with Crippen LogP contribution in [0.25, 0.3) is 0 Å². The molecule has 2 aliphatic rings. The summed E-state index contributed by atoms with van der Waals surface area (Å²) in [5.74, 6) is -0.799. The smallest absolute Gasteiger partial charge is 0.245 e. The molecule has 2 fully saturated rings. The largest absolute Gasteiger partial charge is 0.343 e. The minimum absolute atomic E-state index is 0.00553. The number of benzene rings is 1. The Bertz CT molecular complexity index is 758. The van der Waals surface area contributed by atoms with Crippen LogP contribution in [-0.2, 0) is 20.9 Å². The standard InChI is InChI=1S/C19H23ClFN3O3/c1-13-19(27)23(10-4-9-22-8-3-7-16(22)25)12-17(26)24(13)11-14-5-2-6-15(20)18(14)21/h2,5-6,13H,3-4,7-12H2,1H3/t13-/m0/s1. The van der Waals surface area contributed by atoms with Crippen molar-refractivity contribution in [2.75, 3.05) is 26.2 Å². The summed E-state index contributed by atoms with van der Waals surface area (Å²) >= 11 is 5.80. The van der Waals surface area contributed by atoms with E-state index < -0.39 is 11.9 Å². The number of carbonyl (C=O) groups excluding carboxylic acids is 3. The van der Waals surface area contributed by atoms with E-state index in [1.165, 1.54) is 15.9 Å². The molecule has 1 atom stereocenters. The number of halogens is 2. The summed E-state index contributed by atoms with van der Waals surface area (Å²) in [5.41, 5.74) is 0.288. The van der Waals surface area contributed by atoms with E-state index in [1.807, 2.05) is 0 Å². The van der Waals surface area contributed by atoms with Crippen LogP contribution in [0.1, 0.15) is 31.7 Å². The van der Waals surface area contributed by atoms with E-state index in [1.54, 1.807) is 24.0 Å². The molecule has 3 amide bonds. The first kappa shape index (κ1) is 19.6. The van der Waals surface area contributed by atoms with Gasteiger partial charge in [0.15, 0.2) is 0 Å². The lowest BCUT2D eigenvalue weighted by molar-refractivity contribution is -0.155. The van der Waals surface area contributed by atoms with Crippen LogP contribution >= 0.6 is 11.6 Å². The van der Waals surface area contributed by atoms with Crippen LogP contribution in [-0.4, -0.2) is 64.6 Å². The van der Waals surface area contributed by atoms with E-state index in [0.29, 0.717) is 25.9 Å². The fraction of sp³-hybridized carbons (Fsp3) is 0.526. The summed E-state index contributed by atoms with van der Waals surface area (Å²) < 4.78 is 14.1. The van der Waals surface area contributed by atoms with Gasteiger partial charge in [0.2, 0.25) is 17.7 Å². The van der Waals surface area contributed by atoms with Crippen molar-refractivity contribution in [1.82, 2.24) is 14.7 Å². The molecule has 0 N–H and O–H groups in total. The molecule has 0 radical (unpaired) electrons. The van der Waals surface area contributed by atoms with Crippen molar-refractivity contribution in [3.8, 4) is 0 Å². The van der Waals surface area contributed by atoms with E-state index in [9.17, 15) is 18.8 Å². The molecule has 2 saturated heterocycles. The summed E-state index contributed by atoms with van der Waals surface area (Å²) in [5, 5.41) is -0.00553. The van der Waals surface area contributed by atoms with Crippen LogP contribution in [0.4, 0.5) is 4.39 Å². The summed E-state index contributed by atoms with van der Waals surface area (Å²) in [6.45, 7) is 3.42. The highest BCUT2D eigenvalue weighted by Gasteiger charge is 2.36. The average Bonchev–Trinajstić information content (AvgIpc) is 3.04. The molecule has 2 aliphatic heterocycles. The molecular formula is C19H23ClFN3O3. The van der Waals surface area contributed by atoms with Crippen molar-refractivity contribution in [2.24, 2.45) is 0 Å². The molecule has 0 spiro atoms. The second-order valence-corrected chi connectivity index (χ2v) is 7.42. The fourth-order valence-electron chi connectivity index (χ4n) is 3.61. The number of rotatable bonds is 6. The van der Waals surface area contributed by atoms with E-state index in [0.717, 1.165) is 13.0 Å². The van der Waals surface area contributed by atoms with Crippen LogP contribution in [0.3, 0.4) is 0 Å². The van der Waals surface area contributed by atoms with Gasteiger partial charge in [0.05, 0.1) is 11.6 Å². The number of piperazine rings is 1. The lowest BCUT2D eigenvalue weighted by Gasteiger charge is -2.39. The molecule has 0 aliphatic carbocycles. The number of amides is 3. The molecule has 3 rings (SSSR count). The lowest BCUT2D eigenvalue weighted by atomic mass is 10.1. The van der Waals surface area contributed by atoms with Gasteiger partial charge in [-0.05, 0) is 25.8 Å². The van der Waals surface area contributed by atoms with Gasteiger partial charge in [0.25, 0.3) is 0 Å². The van der Waals surface area contributed by atoms with Crippen molar-refractivity contribution in [2.45, 2.75) is 38.8 Å². The second kappa shape index (κ2) is 8.25. The maximum atomic E-state index is 14.1. The van der Waals surface area contributed by atoms with Crippen LogP contribution in [0.2, 0.25) is 5.02 Å². The van der Waals surface area contributed by atoms with Gasteiger partial charge in [-0.1, -0.05) is 23.7 Å². The van der Waals surface area contributed by atoms with Gasteiger partial charge in [-0.3, -0.25) is 14.4 Å². The first-order valence-corrected chi connectivity index (χ1v) is 9.55. The lowest BCUT2D eigenvalue weighted by Crippen LogP contribution is -2.58. The molecule has 27 heavy (non-hydrogen) atoms. The highest BCUT2D eigenvalue weighted by Crippen LogP contribution is 2.22. The number of carbonyl (C=O) groups is 3. The van der Waals surface area contributed by atoms with E-state index in [-0.39, 0.29) is 41.4 Å². The van der Waals surface area contributed by atoms with Gasteiger partial charge in [-0.25, -0.2) is 4.39 Å². The predicted molar refractivity (Wildman–Crippen MR) is 98.4 cm³/mol. The normalized spacial score (nSPS) is 20.8. The zero-order chi connectivity index (χ0) is 19.6. The van der Waals surface area contributed by atoms with Crippen LogP contribution < -0.4 is 0 Å². The van der Waals surface area contributed by atoms with Gasteiger partial charge in [-0.2, -0.15) is 0 Å². The topological polar surface area (TPSA) is 60.9 Å². The molecule has 146 valence electrons. The minimum Gasteiger partial charge on any atom is -0.343 e. The molecule has 2 heterocycles. The first-order chi connectivity index (χ1) is 12.9. The van der Waals surface area contributed by atoms with Crippen molar-refractivity contribution in [1.29, 1.82) is 0 Å². The Kier molecular flexibility index (Phi) is 5.99. The molecule has 8 heteroatoms. The SMILES string of the molecule is C[C@H]1C(=O)N(CCCN2CCCC2=O)CC(=O)N1Cc1cccc(Cl)c1F. The van der Waals surface area contributed by atoms with E-state index in [2.05, 4.69) is 0 Å². The summed E-state index contributed by atoms with van der Waals surface area (Å²) in [4.78, 5) is 41.5. The zero-order valence-corrected chi connectivity index (χ0v) is 16.0. The first-order valence-electron chi connectivity index (χ1n) is 9.17. The average molecular weight is 396 g/mol. The Balaban J connectivity index is 1.58. The molecule has 6 nitrogen and oxygen atoms in total. The van der Waals surface area contributed by atoms with Crippen LogP contribution in [0.5, 0.6) is 0 Å². The Morgan fingerprint density at radius 3 is 2.59 bits per heavy atom. The predicted octanol–water partition coefficient (Wildman–Crippen LogP) is 2.05. The quantitative estimate of drug-likeness (QED) is 0.740. The van der Waals surface area contributed by atoms with Gasteiger partial charge in [0, 0.05) is 38.2 Å². The summed E-state index contributed by atoms with van der Waals surface area (Å²) in [6, 6.07) is 3.96. The molecule has 0 aromatic heterocycles. The van der Waals surface area contributed by atoms with Gasteiger partial charge < -0.3 is 14.7 Å². The molecule has 0 unspecified atom stereocenters. The molecule has 0 saturated carbocycles. The number of likely N-dealkylation sites (tertiary alicyclic amines) is 1. The summed E-state index contributed by atoms with van der Waals surface area (Å²) in [7, 11) is 0. The Morgan fingerprint density at radius 2 is 1.89 bits per heavy atom. The highest BCUT2D eigenvalue weighted by molar-refractivity contribution is 6.30. The number of hydrogen-bond acceptors (Lipinski definition) is 3. The van der Waals surface area contributed by atoms with Crippen LogP contribution in [0.15, 0.2) is 18.2 Å². The Morgan fingerprint density at radius 1 is 1.15 bits per heavy atom. The monoisotopic (exact) mass is 395 g/mol. The van der Waals surface area contributed by atoms with Gasteiger partial charge in [0.1, 0.15) is 11.9 Å². The van der Waals surface area contributed by atoms with Crippen molar-refractivity contribution in [3.05, 3.63) is 34.6 Å². The number of hydrogen-bond donors (Lipinski definition) is 0. The van der Waals surface area contributed by atoms with E-state index in [4.69, 9.17) is 11.6 Å². The maximum Gasteiger partial charge on any atom is 0.245 e. The molecular weight excluding hydrogens is 373 g/mol. The third kappa shape index (κ3) is 4.24. The van der Waals surface area contributed by atoms with Crippen molar-refractivity contribution >= 4 is 29.3 Å². The van der Waals surface area contributed by atoms with Crippen molar-refractivity contribution < 1.29 is 18.8 Å². The van der Waals surface area contributed by atoms with Gasteiger partial charge >= 0.3 is 0 Å². The van der Waals surface area contributed by atoms with E-state index >= 15 is 0 Å². The minimum atomic E-state index is -0.668. The second-order valence-electron chi connectivity index (χ2n) is 7.01. The maximum absolute atomic E-state index is 14.1. The highest BCUT2D eigenvalue weighted by atomic mass is 35.5. The molecule has 0 bridgehead atoms. The third-order valence-electron chi connectivity index (χ3n) is 5.18. The molecule has 1 aromatic carbocycles. The zero-order valence-electron chi connectivity index (χ0n) is 15.3. The molecule has 1 aromatic rings. The number of nitrogens with zero attached hydrogens (tertiary/aromatic N) is 3. The third-order valence-corrected chi connectivity index (χ3v) is 5.47. The Hall–Kier alpha value is -2.15. The van der Waals surface area contributed by atoms with Crippen molar-refractivity contribution in [3.63, 3.8) is 0 Å². The fourth-order valence-corrected chi connectivity index (χ4v) is 3.80. The Labute approximate surface area is 162 Å². The summed E-state index contributed by atoms with van der Waals surface area (Å²) in [6.07, 6.45) is 2.11. The van der Waals surface area contributed by atoms with Gasteiger partial charge in [-0.15, -0.1) is 0 Å². The van der Waals surface area contributed by atoms with Crippen LogP contribution in [0, 0.1) is 5.82 Å².